The fourth-order valence-corrected chi connectivity index (χ4v) is 3.80. The molecule has 2 atom stereocenters. The van der Waals surface area contributed by atoms with Crippen LogP contribution in [0.3, 0.4) is 0 Å². The molecule has 1 aromatic carbocycles. The minimum absolute atomic E-state index is 0.286. The van der Waals surface area contributed by atoms with Crippen LogP contribution in [0, 0.1) is 5.92 Å². The predicted molar refractivity (Wildman–Crippen MR) is 81.7 cm³/mol. The molecule has 1 amide bonds. The molecular weight excluding hydrogens is 248 g/mol. The van der Waals surface area contributed by atoms with Crippen molar-refractivity contribution in [2.45, 2.75) is 51.0 Å². The molecule has 3 rings (SSSR count). The number of nitrogens with zero attached hydrogens (tertiary/aromatic N) is 1. The number of para-hydroxylation sites is 1. The van der Waals surface area contributed by atoms with Crippen LogP contribution in [0.25, 0.3) is 0 Å². The van der Waals surface area contributed by atoms with Crippen LogP contribution in [-0.2, 0) is 11.2 Å². The average Bonchev–Trinajstić information content (AvgIpc) is 2.72. The third-order valence-electron chi connectivity index (χ3n) is 4.88. The van der Waals surface area contributed by atoms with Gasteiger partial charge in [0.2, 0.25) is 5.91 Å². The van der Waals surface area contributed by atoms with Crippen molar-refractivity contribution in [1.82, 2.24) is 0 Å². The number of benzene rings is 1. The molecule has 3 nitrogen and oxygen atoms in total. The van der Waals surface area contributed by atoms with Crippen molar-refractivity contribution in [2.24, 2.45) is 11.7 Å². The number of hydrogen-bond donors (Lipinski definition) is 1. The highest BCUT2D eigenvalue weighted by molar-refractivity contribution is 5.97. The van der Waals surface area contributed by atoms with E-state index in [2.05, 4.69) is 23.1 Å². The minimum Gasteiger partial charge on any atom is -0.330 e. The van der Waals surface area contributed by atoms with Crippen LogP contribution in [0.5, 0.6) is 0 Å². The standard InChI is InChI=1S/C17H24N2O/c18-12-14-7-2-1-3-8-16(14)19-15-9-5-4-6-13(15)10-11-17(19)20/h4-6,9,14,16H,1-3,7-8,10-12,18H2. The molecule has 1 aliphatic carbocycles. The fourth-order valence-electron chi connectivity index (χ4n) is 3.80. The molecule has 0 bridgehead atoms. The number of fused-ring (bicyclic) bond motifs is 1. The second kappa shape index (κ2) is 5.96. The van der Waals surface area contributed by atoms with E-state index in [1.165, 1.54) is 24.8 Å². The lowest BCUT2D eigenvalue weighted by molar-refractivity contribution is -0.119. The van der Waals surface area contributed by atoms with Crippen molar-refractivity contribution in [3.05, 3.63) is 29.8 Å². The average molecular weight is 272 g/mol. The zero-order valence-corrected chi connectivity index (χ0v) is 12.1. The smallest absolute Gasteiger partial charge is 0.227 e. The molecule has 0 spiro atoms. The maximum atomic E-state index is 12.5. The van der Waals surface area contributed by atoms with Gasteiger partial charge in [0.15, 0.2) is 0 Å². The Bertz CT molecular complexity index is 486. The van der Waals surface area contributed by atoms with E-state index < -0.39 is 0 Å². The van der Waals surface area contributed by atoms with Crippen LogP contribution in [0.2, 0.25) is 0 Å². The number of amides is 1. The summed E-state index contributed by atoms with van der Waals surface area (Å²) in [6, 6.07) is 8.67. The Labute approximate surface area is 121 Å². The van der Waals surface area contributed by atoms with E-state index in [0.717, 1.165) is 24.9 Å². The van der Waals surface area contributed by atoms with Gasteiger partial charge in [0, 0.05) is 18.2 Å². The van der Waals surface area contributed by atoms with Gasteiger partial charge in [-0.2, -0.15) is 0 Å². The largest absolute Gasteiger partial charge is 0.330 e. The molecule has 1 saturated carbocycles. The molecule has 1 aliphatic heterocycles. The summed E-state index contributed by atoms with van der Waals surface area (Å²) >= 11 is 0. The number of nitrogens with two attached hydrogens (primary N) is 1. The number of hydrogen-bond acceptors (Lipinski definition) is 2. The summed E-state index contributed by atoms with van der Waals surface area (Å²) in [5, 5.41) is 0. The lowest BCUT2D eigenvalue weighted by Gasteiger charge is -2.39. The Morgan fingerprint density at radius 1 is 1.10 bits per heavy atom. The summed E-state index contributed by atoms with van der Waals surface area (Å²) in [6.07, 6.45) is 7.53. The van der Waals surface area contributed by atoms with Crippen LogP contribution in [0.4, 0.5) is 5.69 Å². The SMILES string of the molecule is NCC1CCCCCC1N1C(=O)CCc2ccccc21. The van der Waals surface area contributed by atoms with Gasteiger partial charge in [0.25, 0.3) is 0 Å². The van der Waals surface area contributed by atoms with Crippen molar-refractivity contribution in [3.8, 4) is 0 Å². The van der Waals surface area contributed by atoms with Crippen LogP contribution in [0.15, 0.2) is 24.3 Å². The van der Waals surface area contributed by atoms with Gasteiger partial charge in [-0.1, -0.05) is 37.5 Å². The van der Waals surface area contributed by atoms with Crippen LogP contribution < -0.4 is 10.6 Å². The van der Waals surface area contributed by atoms with E-state index in [1.807, 2.05) is 6.07 Å². The Morgan fingerprint density at radius 2 is 1.90 bits per heavy atom. The van der Waals surface area contributed by atoms with Crippen LogP contribution in [-0.4, -0.2) is 18.5 Å². The van der Waals surface area contributed by atoms with Crippen LogP contribution in [0.1, 0.15) is 44.1 Å². The normalized spacial score (nSPS) is 27.1. The summed E-state index contributed by atoms with van der Waals surface area (Å²) in [5.41, 5.74) is 8.44. The van der Waals surface area contributed by atoms with Gasteiger partial charge in [0.05, 0.1) is 0 Å². The zero-order valence-electron chi connectivity index (χ0n) is 12.1. The molecule has 0 radical (unpaired) electrons. The highest BCUT2D eigenvalue weighted by atomic mass is 16.2. The summed E-state index contributed by atoms with van der Waals surface area (Å²) in [4.78, 5) is 14.6. The summed E-state index contributed by atoms with van der Waals surface area (Å²) in [6.45, 7) is 0.691. The molecule has 1 aromatic rings. The van der Waals surface area contributed by atoms with E-state index in [1.54, 1.807) is 0 Å². The number of rotatable bonds is 2. The molecule has 2 aliphatic rings. The van der Waals surface area contributed by atoms with Crippen molar-refractivity contribution < 1.29 is 4.79 Å². The second-order valence-electron chi connectivity index (χ2n) is 6.09. The van der Waals surface area contributed by atoms with Crippen LogP contribution >= 0.6 is 0 Å². The number of carbonyl (C=O) groups is 1. The molecule has 108 valence electrons. The van der Waals surface area contributed by atoms with Gasteiger partial charge in [-0.3, -0.25) is 4.79 Å². The molecule has 0 saturated heterocycles. The van der Waals surface area contributed by atoms with Crippen molar-refractivity contribution >= 4 is 11.6 Å². The maximum Gasteiger partial charge on any atom is 0.227 e. The Hall–Kier alpha value is -1.35. The first-order valence-corrected chi connectivity index (χ1v) is 7.91. The number of anilines is 1. The van der Waals surface area contributed by atoms with Crippen molar-refractivity contribution in [3.63, 3.8) is 0 Å². The van der Waals surface area contributed by atoms with Gasteiger partial charge < -0.3 is 10.6 Å². The highest BCUT2D eigenvalue weighted by Gasteiger charge is 2.34. The third kappa shape index (κ3) is 2.47. The topological polar surface area (TPSA) is 46.3 Å². The molecule has 2 unspecified atom stereocenters. The number of carbonyl (C=O) groups excluding carboxylic acids is 1. The Kier molecular flexibility index (Phi) is 4.06. The first-order valence-electron chi connectivity index (χ1n) is 7.91. The van der Waals surface area contributed by atoms with E-state index >= 15 is 0 Å². The van der Waals surface area contributed by atoms with Gasteiger partial charge in [0.1, 0.15) is 0 Å². The fraction of sp³-hybridized carbons (Fsp3) is 0.588. The second-order valence-corrected chi connectivity index (χ2v) is 6.09. The highest BCUT2D eigenvalue weighted by Crippen LogP contribution is 2.35. The summed E-state index contributed by atoms with van der Waals surface area (Å²) in [7, 11) is 0. The van der Waals surface area contributed by atoms with E-state index in [4.69, 9.17) is 5.73 Å². The van der Waals surface area contributed by atoms with Gasteiger partial charge >= 0.3 is 0 Å². The summed E-state index contributed by atoms with van der Waals surface area (Å²) < 4.78 is 0. The molecule has 3 heteroatoms. The first-order chi connectivity index (χ1) is 9.81. The lowest BCUT2D eigenvalue weighted by Crippen LogP contribution is -2.48. The monoisotopic (exact) mass is 272 g/mol. The van der Waals surface area contributed by atoms with E-state index in [-0.39, 0.29) is 5.91 Å². The van der Waals surface area contributed by atoms with Crippen molar-refractivity contribution in [1.29, 1.82) is 0 Å². The summed E-state index contributed by atoms with van der Waals surface area (Å²) in [5.74, 6) is 0.738. The van der Waals surface area contributed by atoms with Gasteiger partial charge in [-0.25, -0.2) is 0 Å². The Morgan fingerprint density at radius 3 is 2.75 bits per heavy atom. The Balaban J connectivity index is 1.96. The lowest BCUT2D eigenvalue weighted by atomic mass is 9.90. The van der Waals surface area contributed by atoms with Gasteiger partial charge in [-0.05, 0) is 43.4 Å². The first kappa shape index (κ1) is 13.6. The van der Waals surface area contributed by atoms with Gasteiger partial charge in [-0.15, -0.1) is 0 Å². The minimum atomic E-state index is 0.286. The molecular formula is C17H24N2O. The van der Waals surface area contributed by atoms with E-state index in [9.17, 15) is 4.79 Å². The molecule has 2 N–H and O–H groups in total. The molecule has 1 heterocycles. The maximum absolute atomic E-state index is 12.5. The molecule has 0 aromatic heterocycles. The van der Waals surface area contributed by atoms with Crippen molar-refractivity contribution in [2.75, 3.05) is 11.4 Å². The molecule has 20 heavy (non-hydrogen) atoms. The molecule has 1 fully saturated rings. The quantitative estimate of drug-likeness (QED) is 0.841. The predicted octanol–water partition coefficient (Wildman–Crippen LogP) is 2.87. The third-order valence-corrected chi connectivity index (χ3v) is 4.88. The zero-order chi connectivity index (χ0) is 13.9. The van der Waals surface area contributed by atoms with E-state index in [0.29, 0.717) is 24.9 Å². The number of aryl methyl sites for hydroxylation is 1.